The van der Waals surface area contributed by atoms with Crippen molar-refractivity contribution < 1.29 is 13.5 Å². The van der Waals surface area contributed by atoms with E-state index in [1.165, 1.54) is 24.8 Å². The average Bonchev–Trinajstić information content (AvgIpc) is 3.12. The van der Waals surface area contributed by atoms with E-state index in [0.717, 1.165) is 21.4 Å². The van der Waals surface area contributed by atoms with E-state index in [4.69, 9.17) is 10.00 Å². The Morgan fingerprint density at radius 2 is 1.80 bits per heavy atom. The topological polar surface area (TPSA) is 98.6 Å². The fourth-order valence-corrected chi connectivity index (χ4v) is 2.71. The summed E-state index contributed by atoms with van der Waals surface area (Å²) in [4.78, 5) is 20.3. The number of benzene rings is 2. The summed E-state index contributed by atoms with van der Waals surface area (Å²) in [6.45, 7) is -0.284. The molecule has 0 saturated carbocycles. The van der Waals surface area contributed by atoms with Gasteiger partial charge in [0, 0.05) is 11.6 Å². The van der Waals surface area contributed by atoms with Crippen molar-refractivity contribution >= 4 is 0 Å². The van der Waals surface area contributed by atoms with Gasteiger partial charge in [-0.05, 0) is 36.4 Å². The van der Waals surface area contributed by atoms with E-state index in [2.05, 4.69) is 15.1 Å². The molecule has 30 heavy (non-hydrogen) atoms. The Bertz CT molecular complexity index is 1290. The molecule has 2 heterocycles. The van der Waals surface area contributed by atoms with E-state index in [1.54, 1.807) is 24.3 Å². The van der Waals surface area contributed by atoms with Gasteiger partial charge in [-0.25, -0.2) is 23.5 Å². The second-order valence-corrected chi connectivity index (χ2v) is 6.10. The second-order valence-electron chi connectivity index (χ2n) is 6.10. The highest BCUT2D eigenvalue weighted by molar-refractivity contribution is 5.38. The Kier molecular flexibility index (Phi) is 5.00. The fourth-order valence-electron chi connectivity index (χ4n) is 2.71. The highest BCUT2D eigenvalue weighted by atomic mass is 19.1. The maximum Gasteiger partial charge on any atom is 0.350 e. The molecule has 4 rings (SSSR count). The molecule has 0 saturated heterocycles. The first-order valence-corrected chi connectivity index (χ1v) is 8.63. The van der Waals surface area contributed by atoms with Crippen molar-refractivity contribution in [2.24, 2.45) is 0 Å². The zero-order chi connectivity index (χ0) is 21.1. The zero-order valence-electron chi connectivity index (χ0n) is 15.2. The maximum absolute atomic E-state index is 13.8. The van der Waals surface area contributed by atoms with E-state index < -0.39 is 17.3 Å². The molecule has 0 atom stereocenters. The van der Waals surface area contributed by atoms with Crippen LogP contribution in [0.3, 0.4) is 0 Å². The molecule has 0 spiro atoms. The highest BCUT2D eigenvalue weighted by Crippen LogP contribution is 2.20. The number of halogens is 2. The van der Waals surface area contributed by atoms with Gasteiger partial charge < -0.3 is 4.74 Å². The SMILES string of the molecule is N#Cc1cc(Oc2ccc(-n3ncn(Cc4c(F)cccc4F)c3=O)cc2)ncn1. The monoisotopic (exact) mass is 406 g/mol. The molecule has 0 fully saturated rings. The highest BCUT2D eigenvalue weighted by Gasteiger charge is 2.13. The molecule has 0 aliphatic carbocycles. The molecule has 0 aliphatic rings. The minimum absolute atomic E-state index is 0.167. The summed E-state index contributed by atoms with van der Waals surface area (Å²) in [7, 11) is 0. The largest absolute Gasteiger partial charge is 0.439 e. The Balaban J connectivity index is 1.55. The van der Waals surface area contributed by atoms with Crippen molar-refractivity contribution in [3.63, 3.8) is 0 Å². The molecule has 10 heteroatoms. The van der Waals surface area contributed by atoms with Gasteiger partial charge in [0.05, 0.1) is 12.2 Å². The third kappa shape index (κ3) is 3.77. The van der Waals surface area contributed by atoms with Crippen LogP contribution >= 0.6 is 0 Å². The molecule has 2 aromatic carbocycles. The van der Waals surface area contributed by atoms with Crippen LogP contribution < -0.4 is 10.4 Å². The van der Waals surface area contributed by atoms with Crippen molar-refractivity contribution in [1.29, 1.82) is 5.26 Å². The van der Waals surface area contributed by atoms with E-state index in [0.29, 0.717) is 11.4 Å². The summed E-state index contributed by atoms with van der Waals surface area (Å²) < 4.78 is 35.5. The normalized spacial score (nSPS) is 10.6. The van der Waals surface area contributed by atoms with Gasteiger partial charge in [0.15, 0.2) is 0 Å². The van der Waals surface area contributed by atoms with Crippen LogP contribution in [0.15, 0.2) is 66.0 Å². The van der Waals surface area contributed by atoms with Crippen LogP contribution in [0, 0.1) is 23.0 Å². The number of ether oxygens (including phenoxy) is 1. The molecule has 4 aromatic rings. The fraction of sp³-hybridized carbons (Fsp3) is 0.0500. The summed E-state index contributed by atoms with van der Waals surface area (Å²) in [5, 5.41) is 12.9. The molecule has 148 valence electrons. The number of aromatic nitrogens is 5. The van der Waals surface area contributed by atoms with Crippen LogP contribution in [0.4, 0.5) is 8.78 Å². The number of rotatable bonds is 5. The molecular weight excluding hydrogens is 394 g/mol. The second kappa shape index (κ2) is 7.92. The van der Waals surface area contributed by atoms with E-state index in [1.807, 2.05) is 6.07 Å². The lowest BCUT2D eigenvalue weighted by atomic mass is 10.2. The number of nitrogens with zero attached hydrogens (tertiary/aromatic N) is 6. The van der Waals surface area contributed by atoms with Crippen LogP contribution in [-0.2, 0) is 6.54 Å². The molecule has 0 aliphatic heterocycles. The lowest BCUT2D eigenvalue weighted by Crippen LogP contribution is -2.24. The van der Waals surface area contributed by atoms with Gasteiger partial charge in [-0.15, -0.1) is 0 Å². The molecule has 0 N–H and O–H groups in total. The van der Waals surface area contributed by atoms with Crippen LogP contribution in [0.2, 0.25) is 0 Å². The van der Waals surface area contributed by atoms with Crippen molar-refractivity contribution in [3.8, 4) is 23.4 Å². The van der Waals surface area contributed by atoms with Crippen LogP contribution in [-0.4, -0.2) is 24.3 Å². The van der Waals surface area contributed by atoms with Crippen molar-refractivity contribution in [3.05, 3.63) is 94.6 Å². The summed E-state index contributed by atoms with van der Waals surface area (Å²) in [5.41, 5.74) is -0.175. The predicted molar refractivity (Wildman–Crippen MR) is 100 cm³/mol. The standard InChI is InChI=1S/C20H12F2N6O2/c21-17-2-1-3-18(22)16(17)10-27-12-26-28(20(27)29)14-4-6-15(7-5-14)30-19-8-13(9-23)24-11-25-19/h1-8,11-12H,10H2. The van der Waals surface area contributed by atoms with Crippen molar-refractivity contribution in [2.45, 2.75) is 6.54 Å². The van der Waals surface area contributed by atoms with E-state index >= 15 is 0 Å². The van der Waals surface area contributed by atoms with Crippen LogP contribution in [0.5, 0.6) is 11.6 Å². The maximum atomic E-state index is 13.8. The van der Waals surface area contributed by atoms with Gasteiger partial charge in [-0.1, -0.05) is 6.07 Å². The van der Waals surface area contributed by atoms with Crippen molar-refractivity contribution in [2.75, 3.05) is 0 Å². The predicted octanol–water partition coefficient (Wildman–Crippen LogP) is 2.81. The first kappa shape index (κ1) is 18.9. The Morgan fingerprint density at radius 1 is 1.07 bits per heavy atom. The third-order valence-electron chi connectivity index (χ3n) is 4.18. The number of hydrogen-bond acceptors (Lipinski definition) is 6. The summed E-state index contributed by atoms with van der Waals surface area (Å²) in [5.74, 6) is -0.856. The van der Waals surface area contributed by atoms with E-state index in [-0.39, 0.29) is 23.7 Å². The summed E-state index contributed by atoms with van der Waals surface area (Å²) in [6.07, 6.45) is 2.43. The molecule has 0 unspecified atom stereocenters. The lowest BCUT2D eigenvalue weighted by Gasteiger charge is -2.06. The minimum Gasteiger partial charge on any atom is -0.439 e. The molecule has 0 radical (unpaired) electrons. The van der Waals surface area contributed by atoms with Gasteiger partial charge in [-0.3, -0.25) is 4.57 Å². The molecular formula is C20H12F2N6O2. The molecule has 2 aromatic heterocycles. The van der Waals surface area contributed by atoms with Crippen molar-refractivity contribution in [1.82, 2.24) is 24.3 Å². The zero-order valence-corrected chi connectivity index (χ0v) is 15.2. The molecule has 0 bridgehead atoms. The lowest BCUT2D eigenvalue weighted by molar-refractivity contribution is 0.461. The third-order valence-corrected chi connectivity index (χ3v) is 4.18. The van der Waals surface area contributed by atoms with Crippen LogP contribution in [0.1, 0.15) is 11.3 Å². The van der Waals surface area contributed by atoms with E-state index in [9.17, 15) is 13.6 Å². The Hall–Kier alpha value is -4.39. The van der Waals surface area contributed by atoms with Gasteiger partial charge in [0.25, 0.3) is 0 Å². The summed E-state index contributed by atoms with van der Waals surface area (Å²) in [6, 6.07) is 13.1. The van der Waals surface area contributed by atoms with Gasteiger partial charge in [0.1, 0.15) is 41.8 Å². The van der Waals surface area contributed by atoms with Gasteiger partial charge >= 0.3 is 5.69 Å². The number of hydrogen-bond donors (Lipinski definition) is 0. The van der Waals surface area contributed by atoms with Gasteiger partial charge in [0.2, 0.25) is 5.88 Å². The average molecular weight is 406 g/mol. The minimum atomic E-state index is -0.736. The quantitative estimate of drug-likeness (QED) is 0.505. The van der Waals surface area contributed by atoms with Crippen LogP contribution in [0.25, 0.3) is 5.69 Å². The smallest absolute Gasteiger partial charge is 0.350 e. The Morgan fingerprint density at radius 3 is 2.50 bits per heavy atom. The first-order valence-electron chi connectivity index (χ1n) is 8.63. The first-order chi connectivity index (χ1) is 14.5. The number of nitriles is 1. The van der Waals surface area contributed by atoms with Gasteiger partial charge in [-0.2, -0.15) is 15.0 Å². The Labute approximate surface area is 168 Å². The molecule has 0 amide bonds. The summed E-state index contributed by atoms with van der Waals surface area (Å²) >= 11 is 0. The molecule has 8 nitrogen and oxygen atoms in total.